The van der Waals surface area contributed by atoms with Crippen LogP contribution < -0.4 is 4.74 Å². The highest BCUT2D eigenvalue weighted by Gasteiger charge is 2.18. The van der Waals surface area contributed by atoms with Crippen molar-refractivity contribution in [1.29, 1.82) is 0 Å². The van der Waals surface area contributed by atoms with E-state index in [1.165, 1.54) is 24.3 Å². The molecule has 0 aliphatic carbocycles. The van der Waals surface area contributed by atoms with E-state index in [1.807, 2.05) is 6.92 Å². The molecule has 0 spiro atoms. The molecule has 0 atom stereocenters. The summed E-state index contributed by atoms with van der Waals surface area (Å²) in [4.78, 5) is 22.2. The molecule has 2 aromatic carbocycles. The van der Waals surface area contributed by atoms with Crippen LogP contribution in [0.15, 0.2) is 47.4 Å². The maximum Gasteiger partial charge on any atom is 0.312 e. The largest absolute Gasteiger partial charge is 0.426 e. The van der Waals surface area contributed by atoms with Crippen LogP contribution in [0.5, 0.6) is 5.75 Å². The molecule has 25 heavy (non-hydrogen) atoms. The Kier molecular flexibility index (Phi) is 5.53. The highest BCUT2D eigenvalue weighted by atomic mass is 32.2. The minimum atomic E-state index is -3.61. The first-order chi connectivity index (χ1) is 11.7. The number of non-ortho nitro benzene ring substituents is 1. The van der Waals surface area contributed by atoms with Crippen molar-refractivity contribution in [2.24, 2.45) is 0 Å². The molecule has 0 saturated carbocycles. The van der Waals surface area contributed by atoms with Gasteiger partial charge in [-0.3, -0.25) is 14.9 Å². The second-order valence-corrected chi connectivity index (χ2v) is 7.67. The van der Waals surface area contributed by atoms with Crippen LogP contribution in [0.3, 0.4) is 0 Å². The summed E-state index contributed by atoms with van der Waals surface area (Å²) in [7, 11) is -3.61. The molecule has 0 bridgehead atoms. The number of sulfone groups is 1. The lowest BCUT2D eigenvalue weighted by Crippen LogP contribution is -2.16. The summed E-state index contributed by atoms with van der Waals surface area (Å²) in [6, 6.07) is 10.2. The lowest BCUT2D eigenvalue weighted by atomic mass is 10.2. The number of nitrogens with zero attached hydrogens (tertiary/aromatic N) is 1. The van der Waals surface area contributed by atoms with Gasteiger partial charge in [-0.15, -0.1) is 0 Å². The third kappa shape index (κ3) is 4.87. The highest BCUT2D eigenvalue weighted by molar-refractivity contribution is 7.91. The Labute approximate surface area is 145 Å². The molecule has 2 aromatic rings. The van der Waals surface area contributed by atoms with Gasteiger partial charge in [0.2, 0.25) is 0 Å². The van der Waals surface area contributed by atoms with E-state index in [1.54, 1.807) is 19.1 Å². The molecule has 2 rings (SSSR count). The van der Waals surface area contributed by atoms with E-state index in [2.05, 4.69) is 0 Å². The SMILES string of the molecule is Cc1ccc(S(=O)(=O)CCC(=O)Oc2cc([N+](=O)[O-])ccc2C)cc1. The van der Waals surface area contributed by atoms with Crippen LogP contribution in [0, 0.1) is 24.0 Å². The average molecular weight is 363 g/mol. The number of nitro benzene ring substituents is 1. The van der Waals surface area contributed by atoms with E-state index in [0.29, 0.717) is 5.56 Å². The summed E-state index contributed by atoms with van der Waals surface area (Å²) >= 11 is 0. The van der Waals surface area contributed by atoms with Gasteiger partial charge < -0.3 is 4.74 Å². The first kappa shape index (κ1) is 18.6. The van der Waals surface area contributed by atoms with Crippen molar-refractivity contribution >= 4 is 21.5 Å². The van der Waals surface area contributed by atoms with Crippen LogP contribution in [0.1, 0.15) is 17.5 Å². The van der Waals surface area contributed by atoms with E-state index in [0.717, 1.165) is 11.6 Å². The third-order valence-electron chi connectivity index (χ3n) is 3.56. The van der Waals surface area contributed by atoms with Gasteiger partial charge >= 0.3 is 5.97 Å². The van der Waals surface area contributed by atoms with Crippen molar-refractivity contribution in [3.8, 4) is 5.75 Å². The van der Waals surface area contributed by atoms with Crippen LogP contribution in [0.4, 0.5) is 5.69 Å². The second-order valence-electron chi connectivity index (χ2n) is 5.56. The van der Waals surface area contributed by atoms with E-state index in [9.17, 15) is 23.3 Å². The fourth-order valence-corrected chi connectivity index (χ4v) is 3.29. The zero-order valence-electron chi connectivity index (χ0n) is 13.8. The van der Waals surface area contributed by atoms with Gasteiger partial charge in [0.15, 0.2) is 9.84 Å². The quantitative estimate of drug-likeness (QED) is 0.338. The summed E-state index contributed by atoms with van der Waals surface area (Å²) in [6.45, 7) is 3.48. The molecule has 7 nitrogen and oxygen atoms in total. The molecule has 0 heterocycles. The number of aryl methyl sites for hydroxylation is 2. The average Bonchev–Trinajstić information content (AvgIpc) is 2.55. The molecule has 0 aliphatic heterocycles. The minimum absolute atomic E-state index is 0.0481. The monoisotopic (exact) mass is 363 g/mol. The van der Waals surface area contributed by atoms with E-state index < -0.39 is 26.5 Å². The summed E-state index contributed by atoms with van der Waals surface area (Å²) in [6.07, 6.45) is -0.349. The summed E-state index contributed by atoms with van der Waals surface area (Å²) in [5, 5.41) is 10.8. The van der Waals surface area contributed by atoms with Crippen molar-refractivity contribution in [3.05, 3.63) is 63.7 Å². The fraction of sp³-hybridized carbons (Fsp3) is 0.235. The smallest absolute Gasteiger partial charge is 0.312 e. The lowest BCUT2D eigenvalue weighted by molar-refractivity contribution is -0.384. The lowest BCUT2D eigenvalue weighted by Gasteiger charge is -2.08. The maximum atomic E-state index is 12.2. The minimum Gasteiger partial charge on any atom is -0.426 e. The summed E-state index contributed by atoms with van der Waals surface area (Å²) < 4.78 is 29.5. The number of ether oxygens (including phenoxy) is 1. The van der Waals surface area contributed by atoms with Gasteiger partial charge in [-0.05, 0) is 37.6 Å². The molecule has 0 aromatic heterocycles. The van der Waals surface area contributed by atoms with Gasteiger partial charge in [-0.2, -0.15) is 0 Å². The number of hydrogen-bond acceptors (Lipinski definition) is 6. The number of carbonyl (C=O) groups is 1. The van der Waals surface area contributed by atoms with Crippen molar-refractivity contribution in [1.82, 2.24) is 0 Å². The van der Waals surface area contributed by atoms with Gasteiger partial charge in [-0.1, -0.05) is 17.7 Å². The van der Waals surface area contributed by atoms with Crippen LogP contribution in [0.25, 0.3) is 0 Å². The zero-order valence-corrected chi connectivity index (χ0v) is 14.6. The molecule has 0 saturated heterocycles. The molecule has 0 fully saturated rings. The van der Waals surface area contributed by atoms with Crippen molar-refractivity contribution in [3.63, 3.8) is 0 Å². The van der Waals surface area contributed by atoms with Crippen LogP contribution in [0.2, 0.25) is 0 Å². The highest BCUT2D eigenvalue weighted by Crippen LogP contribution is 2.24. The molecule has 0 radical (unpaired) electrons. The van der Waals surface area contributed by atoms with E-state index in [4.69, 9.17) is 4.74 Å². The zero-order chi connectivity index (χ0) is 18.6. The molecule has 0 aliphatic rings. The normalized spacial score (nSPS) is 11.1. The Morgan fingerprint density at radius 3 is 2.36 bits per heavy atom. The summed E-state index contributed by atoms with van der Waals surface area (Å²) in [5.74, 6) is -1.12. The molecular formula is C17H17NO6S. The Morgan fingerprint density at radius 1 is 1.12 bits per heavy atom. The van der Waals surface area contributed by atoms with Crippen molar-refractivity contribution in [2.45, 2.75) is 25.2 Å². The Bertz CT molecular complexity index is 903. The van der Waals surface area contributed by atoms with Crippen molar-refractivity contribution in [2.75, 3.05) is 5.75 Å². The molecule has 8 heteroatoms. The van der Waals surface area contributed by atoms with Gasteiger partial charge in [0.05, 0.1) is 28.1 Å². The second kappa shape index (κ2) is 7.43. The van der Waals surface area contributed by atoms with E-state index >= 15 is 0 Å². The molecular weight excluding hydrogens is 346 g/mol. The maximum absolute atomic E-state index is 12.2. The van der Waals surface area contributed by atoms with Crippen LogP contribution >= 0.6 is 0 Å². The number of esters is 1. The number of rotatable bonds is 6. The van der Waals surface area contributed by atoms with Crippen LogP contribution in [-0.2, 0) is 14.6 Å². The number of nitro groups is 1. The summed E-state index contributed by atoms with van der Waals surface area (Å²) in [5.41, 5.74) is 1.26. The Hall–Kier alpha value is -2.74. The van der Waals surface area contributed by atoms with Gasteiger partial charge in [-0.25, -0.2) is 8.42 Å². The molecule has 132 valence electrons. The third-order valence-corrected chi connectivity index (χ3v) is 5.29. The first-order valence-corrected chi connectivity index (χ1v) is 9.09. The number of hydrogen-bond donors (Lipinski definition) is 0. The first-order valence-electron chi connectivity index (χ1n) is 7.44. The topological polar surface area (TPSA) is 104 Å². The van der Waals surface area contributed by atoms with Crippen LogP contribution in [-0.4, -0.2) is 25.1 Å². The Morgan fingerprint density at radius 2 is 1.76 bits per heavy atom. The number of carbonyl (C=O) groups excluding carboxylic acids is 1. The molecule has 0 N–H and O–H groups in total. The predicted octanol–water partition coefficient (Wildman–Crippen LogP) is 2.98. The fourth-order valence-electron chi connectivity index (χ4n) is 2.07. The van der Waals surface area contributed by atoms with Gasteiger partial charge in [0.25, 0.3) is 5.69 Å². The van der Waals surface area contributed by atoms with Gasteiger partial charge in [0, 0.05) is 6.07 Å². The number of benzene rings is 2. The molecule has 0 unspecified atom stereocenters. The van der Waals surface area contributed by atoms with Crippen molar-refractivity contribution < 1.29 is 22.9 Å². The standard InChI is InChI=1S/C17H17NO6S/c1-12-3-7-15(8-4-12)25(22,23)10-9-17(19)24-16-11-14(18(20)21)6-5-13(16)2/h3-8,11H,9-10H2,1-2H3. The predicted molar refractivity (Wildman–Crippen MR) is 91.3 cm³/mol. The van der Waals surface area contributed by atoms with E-state index in [-0.39, 0.29) is 22.8 Å². The van der Waals surface area contributed by atoms with Gasteiger partial charge in [0.1, 0.15) is 5.75 Å². The molecule has 0 amide bonds. The Balaban J connectivity index is 2.04.